The molecule has 3 amide bonds. The topological polar surface area (TPSA) is 97.0 Å². The van der Waals surface area contributed by atoms with Crippen LogP contribution in [0.25, 0.3) is 6.08 Å². The van der Waals surface area contributed by atoms with Gasteiger partial charge in [0, 0.05) is 5.69 Å². The largest absolute Gasteiger partial charge is 0.493 e. The van der Waals surface area contributed by atoms with Gasteiger partial charge in [-0.15, -0.1) is 0 Å². The second-order valence-corrected chi connectivity index (χ2v) is 9.51. The first-order chi connectivity index (χ1) is 18.7. The van der Waals surface area contributed by atoms with Gasteiger partial charge in [0.15, 0.2) is 23.2 Å². The van der Waals surface area contributed by atoms with Crippen LogP contribution in [0.1, 0.15) is 23.6 Å². The highest BCUT2D eigenvalue weighted by Gasteiger charge is 2.34. The predicted octanol–water partition coefficient (Wildman–Crippen LogP) is 5.07. The van der Waals surface area contributed by atoms with E-state index in [2.05, 4.69) is 10.6 Å². The number of nitrogens with zero attached hydrogens (tertiary/aromatic N) is 1. The third kappa shape index (κ3) is 6.45. The maximum absolute atomic E-state index is 13.3. The first-order valence-corrected chi connectivity index (χ1v) is 12.9. The summed E-state index contributed by atoms with van der Waals surface area (Å²) in [5, 5.41) is 5.44. The summed E-state index contributed by atoms with van der Waals surface area (Å²) < 4.78 is 11.1. The van der Waals surface area contributed by atoms with Gasteiger partial charge in [0.1, 0.15) is 5.57 Å². The second-order valence-electron chi connectivity index (χ2n) is 8.71. The van der Waals surface area contributed by atoms with E-state index >= 15 is 0 Å². The van der Waals surface area contributed by atoms with Crippen LogP contribution in [0.4, 0.5) is 11.4 Å². The first-order valence-electron chi connectivity index (χ1n) is 12.1. The van der Waals surface area contributed by atoms with E-state index in [1.807, 2.05) is 38.1 Å². The van der Waals surface area contributed by atoms with Crippen molar-refractivity contribution in [2.45, 2.75) is 20.3 Å². The van der Waals surface area contributed by atoms with Gasteiger partial charge >= 0.3 is 0 Å². The van der Waals surface area contributed by atoms with Crippen LogP contribution in [0.5, 0.6) is 11.5 Å². The van der Waals surface area contributed by atoms with Crippen LogP contribution in [0.3, 0.4) is 0 Å². The van der Waals surface area contributed by atoms with Crippen molar-refractivity contribution < 1.29 is 23.9 Å². The average Bonchev–Trinajstić information content (AvgIpc) is 2.91. The van der Waals surface area contributed by atoms with Gasteiger partial charge in [-0.3, -0.25) is 24.6 Å². The maximum atomic E-state index is 13.3. The zero-order chi connectivity index (χ0) is 28.1. The van der Waals surface area contributed by atoms with Crippen LogP contribution in [-0.4, -0.2) is 36.6 Å². The number of benzene rings is 3. The maximum Gasteiger partial charge on any atom is 0.270 e. The van der Waals surface area contributed by atoms with E-state index in [-0.39, 0.29) is 39.7 Å². The zero-order valence-electron chi connectivity index (χ0n) is 21.5. The molecule has 39 heavy (non-hydrogen) atoms. The Morgan fingerprint density at radius 1 is 1.10 bits per heavy atom. The van der Waals surface area contributed by atoms with E-state index in [0.29, 0.717) is 16.9 Å². The Bertz CT molecular complexity index is 1470. The number of ether oxygens (including phenoxy) is 2. The Balaban J connectivity index is 1.54. The normalized spacial score (nSPS) is 14.3. The van der Waals surface area contributed by atoms with Crippen molar-refractivity contribution >= 4 is 64.1 Å². The molecule has 0 aliphatic carbocycles. The smallest absolute Gasteiger partial charge is 0.270 e. The second kappa shape index (κ2) is 12.1. The lowest BCUT2D eigenvalue weighted by molar-refractivity contribution is -0.122. The van der Waals surface area contributed by atoms with E-state index in [9.17, 15) is 14.4 Å². The van der Waals surface area contributed by atoms with Crippen molar-refractivity contribution in [3.05, 3.63) is 87.9 Å². The molecule has 0 aromatic heterocycles. The Hall–Kier alpha value is -4.21. The van der Waals surface area contributed by atoms with Crippen molar-refractivity contribution in [2.24, 2.45) is 0 Å². The van der Waals surface area contributed by atoms with Gasteiger partial charge < -0.3 is 14.8 Å². The molecule has 2 N–H and O–H groups in total. The molecule has 0 atom stereocenters. The van der Waals surface area contributed by atoms with E-state index < -0.39 is 11.8 Å². The van der Waals surface area contributed by atoms with Crippen molar-refractivity contribution in [1.29, 1.82) is 0 Å². The van der Waals surface area contributed by atoms with Gasteiger partial charge in [0.05, 0.1) is 17.8 Å². The molecule has 8 nitrogen and oxygen atoms in total. The summed E-state index contributed by atoms with van der Waals surface area (Å²) in [6.45, 7) is 3.67. The minimum absolute atomic E-state index is 0.00493. The summed E-state index contributed by atoms with van der Waals surface area (Å²) in [5.74, 6) is -1.20. The molecule has 1 fully saturated rings. The number of rotatable bonds is 8. The highest BCUT2D eigenvalue weighted by atomic mass is 35.5. The van der Waals surface area contributed by atoms with Crippen molar-refractivity contribution in [3.63, 3.8) is 0 Å². The fraction of sp³-hybridized carbons (Fsp3) is 0.172. The van der Waals surface area contributed by atoms with Crippen LogP contribution in [0.15, 0.2) is 66.2 Å². The molecule has 200 valence electrons. The van der Waals surface area contributed by atoms with Gasteiger partial charge in [-0.1, -0.05) is 48.4 Å². The lowest BCUT2D eigenvalue weighted by atomic mass is 10.1. The summed E-state index contributed by atoms with van der Waals surface area (Å²) in [5.41, 5.74) is 3.64. The molecule has 1 aliphatic rings. The number of nitrogens with one attached hydrogen (secondary N) is 2. The van der Waals surface area contributed by atoms with E-state index in [1.165, 1.54) is 24.2 Å². The predicted molar refractivity (Wildman–Crippen MR) is 155 cm³/mol. The molecular weight excluding hydrogens is 538 g/mol. The summed E-state index contributed by atoms with van der Waals surface area (Å²) in [6.07, 6.45) is 2.25. The summed E-state index contributed by atoms with van der Waals surface area (Å²) >= 11 is 11.7. The number of aryl methyl sites for hydroxylation is 2. The monoisotopic (exact) mass is 563 g/mol. The Morgan fingerprint density at radius 3 is 2.44 bits per heavy atom. The van der Waals surface area contributed by atoms with Crippen LogP contribution in [-0.2, 0) is 20.8 Å². The van der Waals surface area contributed by atoms with Crippen molar-refractivity contribution in [2.75, 3.05) is 23.9 Å². The van der Waals surface area contributed by atoms with Crippen molar-refractivity contribution in [3.8, 4) is 11.5 Å². The number of hydrogen-bond acceptors (Lipinski definition) is 6. The van der Waals surface area contributed by atoms with Crippen LogP contribution >= 0.6 is 23.8 Å². The first kappa shape index (κ1) is 27.8. The van der Waals surface area contributed by atoms with Crippen LogP contribution in [0, 0.1) is 6.92 Å². The molecule has 0 saturated carbocycles. The average molecular weight is 564 g/mol. The molecule has 4 rings (SSSR count). The third-order valence-corrected chi connectivity index (χ3v) is 6.52. The lowest BCUT2D eigenvalue weighted by Gasteiger charge is -2.29. The van der Waals surface area contributed by atoms with Gasteiger partial charge in [-0.05, 0) is 79.2 Å². The minimum Gasteiger partial charge on any atom is -0.493 e. The molecule has 0 radical (unpaired) electrons. The molecule has 0 spiro atoms. The molecule has 1 saturated heterocycles. The molecule has 3 aromatic rings. The Labute approximate surface area is 236 Å². The highest BCUT2D eigenvalue weighted by molar-refractivity contribution is 7.80. The number of anilines is 2. The van der Waals surface area contributed by atoms with E-state index in [1.54, 1.807) is 30.3 Å². The van der Waals surface area contributed by atoms with E-state index in [0.717, 1.165) is 17.5 Å². The van der Waals surface area contributed by atoms with Crippen LogP contribution in [0.2, 0.25) is 5.02 Å². The molecule has 0 unspecified atom stereocenters. The quantitative estimate of drug-likeness (QED) is 0.226. The Morgan fingerprint density at radius 2 is 1.79 bits per heavy atom. The van der Waals surface area contributed by atoms with Crippen LogP contribution < -0.4 is 25.0 Å². The standard InChI is InChI=1S/C29H26ClN3O5S/c1-4-18-7-11-21(12-8-18)33-28(36)22(27(35)32-29(33)39)13-19-14-23(30)26(24(15-19)37-3)38-16-25(34)31-20-9-5-17(2)6-10-20/h5-15H,4,16H2,1-3H3,(H,31,34)(H,32,35,39)/b22-13+. The number of hydrogen-bond donors (Lipinski definition) is 2. The molecule has 10 heteroatoms. The molecule has 0 bridgehead atoms. The lowest BCUT2D eigenvalue weighted by Crippen LogP contribution is -2.54. The van der Waals surface area contributed by atoms with Gasteiger partial charge in [0.25, 0.3) is 17.7 Å². The number of amides is 3. The Kier molecular flexibility index (Phi) is 8.63. The number of halogens is 1. The van der Waals surface area contributed by atoms with E-state index in [4.69, 9.17) is 33.3 Å². The van der Waals surface area contributed by atoms with Gasteiger partial charge in [-0.25, -0.2) is 0 Å². The van der Waals surface area contributed by atoms with Gasteiger partial charge in [0.2, 0.25) is 0 Å². The number of carbonyl (C=O) groups excluding carboxylic acids is 3. The summed E-state index contributed by atoms with van der Waals surface area (Å²) in [4.78, 5) is 39.7. The minimum atomic E-state index is -0.630. The SMILES string of the molecule is CCc1ccc(N2C(=O)/C(=C/c3cc(Cl)c(OCC(=O)Nc4ccc(C)cc4)c(OC)c3)C(=O)NC2=S)cc1. The summed E-state index contributed by atoms with van der Waals surface area (Å²) in [7, 11) is 1.42. The zero-order valence-corrected chi connectivity index (χ0v) is 23.1. The van der Waals surface area contributed by atoms with Gasteiger partial charge in [-0.2, -0.15) is 0 Å². The number of carbonyl (C=O) groups is 3. The third-order valence-electron chi connectivity index (χ3n) is 5.95. The number of thiocarbonyl (C=S) groups is 1. The highest BCUT2D eigenvalue weighted by Crippen LogP contribution is 2.37. The fourth-order valence-corrected chi connectivity index (χ4v) is 4.43. The molecule has 1 heterocycles. The summed E-state index contributed by atoms with van der Waals surface area (Å²) in [6, 6.07) is 17.8. The molecule has 1 aliphatic heterocycles. The number of methoxy groups -OCH3 is 1. The van der Waals surface area contributed by atoms with Crippen molar-refractivity contribution in [1.82, 2.24) is 5.32 Å². The fourth-order valence-electron chi connectivity index (χ4n) is 3.87. The molecular formula is C29H26ClN3O5S. The molecule has 3 aromatic carbocycles.